The summed E-state index contributed by atoms with van der Waals surface area (Å²) < 4.78 is 0. The molecule has 21 heavy (non-hydrogen) atoms. The highest BCUT2D eigenvalue weighted by molar-refractivity contribution is 5.16. The molecule has 2 atom stereocenters. The molecule has 0 amide bonds. The van der Waals surface area contributed by atoms with E-state index in [4.69, 9.17) is 0 Å². The van der Waals surface area contributed by atoms with Crippen LogP contribution in [-0.4, -0.2) is 36.6 Å². The van der Waals surface area contributed by atoms with Crippen molar-refractivity contribution in [2.24, 2.45) is 5.92 Å². The molecule has 1 aromatic carbocycles. The number of nitrogens with one attached hydrogen (secondary N) is 1. The Kier molecular flexibility index (Phi) is 5.32. The van der Waals surface area contributed by atoms with Gasteiger partial charge >= 0.3 is 0 Å². The van der Waals surface area contributed by atoms with Gasteiger partial charge in [0, 0.05) is 25.2 Å². The maximum Gasteiger partial charge on any atom is 0.0249 e. The lowest BCUT2D eigenvalue weighted by Crippen LogP contribution is -2.58. The SMILES string of the molecule is CCCCCN1CC(Cc2ccccc2)NCC1C1CC1. The molecule has 1 aromatic rings. The Morgan fingerprint density at radius 2 is 1.95 bits per heavy atom. The Morgan fingerprint density at radius 1 is 1.14 bits per heavy atom. The quantitative estimate of drug-likeness (QED) is 0.772. The molecule has 2 unspecified atom stereocenters. The van der Waals surface area contributed by atoms with Crippen molar-refractivity contribution in [1.82, 2.24) is 10.2 Å². The van der Waals surface area contributed by atoms with Crippen LogP contribution in [0.25, 0.3) is 0 Å². The summed E-state index contributed by atoms with van der Waals surface area (Å²) in [5.74, 6) is 0.983. The number of piperazine rings is 1. The van der Waals surface area contributed by atoms with E-state index in [1.807, 2.05) is 0 Å². The molecule has 1 saturated heterocycles. The molecule has 1 heterocycles. The fourth-order valence-corrected chi connectivity index (χ4v) is 3.70. The molecular formula is C19H30N2. The highest BCUT2D eigenvalue weighted by atomic mass is 15.2. The maximum absolute atomic E-state index is 3.82. The minimum Gasteiger partial charge on any atom is -0.311 e. The van der Waals surface area contributed by atoms with Gasteiger partial charge in [0.15, 0.2) is 0 Å². The first kappa shape index (κ1) is 15.1. The van der Waals surface area contributed by atoms with Gasteiger partial charge in [0.1, 0.15) is 0 Å². The smallest absolute Gasteiger partial charge is 0.0249 e. The van der Waals surface area contributed by atoms with E-state index in [2.05, 4.69) is 47.5 Å². The Hall–Kier alpha value is -0.860. The number of rotatable bonds is 7. The molecule has 0 spiro atoms. The number of hydrogen-bond acceptors (Lipinski definition) is 2. The zero-order chi connectivity index (χ0) is 14.5. The van der Waals surface area contributed by atoms with E-state index in [0.717, 1.165) is 12.0 Å². The number of hydrogen-bond donors (Lipinski definition) is 1. The number of unbranched alkanes of at least 4 members (excludes halogenated alkanes) is 2. The van der Waals surface area contributed by atoms with Crippen LogP contribution in [0.3, 0.4) is 0 Å². The summed E-state index contributed by atoms with van der Waals surface area (Å²) in [5, 5.41) is 3.82. The standard InChI is InChI=1S/C19H30N2/c1-2-3-7-12-21-15-18(13-16-8-5-4-6-9-16)20-14-19(21)17-10-11-17/h4-6,8-9,17-20H,2-3,7,10-15H2,1H3. The molecular weight excluding hydrogens is 256 g/mol. The third-order valence-electron chi connectivity index (χ3n) is 5.08. The topological polar surface area (TPSA) is 15.3 Å². The minimum absolute atomic E-state index is 0.629. The van der Waals surface area contributed by atoms with Gasteiger partial charge < -0.3 is 5.32 Å². The van der Waals surface area contributed by atoms with E-state index in [1.54, 1.807) is 0 Å². The predicted octanol–water partition coefficient (Wildman–Crippen LogP) is 3.47. The van der Waals surface area contributed by atoms with Gasteiger partial charge in [0.2, 0.25) is 0 Å². The van der Waals surface area contributed by atoms with Crippen molar-refractivity contribution in [3.05, 3.63) is 35.9 Å². The molecule has 0 radical (unpaired) electrons. The second-order valence-corrected chi connectivity index (χ2v) is 6.90. The van der Waals surface area contributed by atoms with Crippen LogP contribution in [0.1, 0.15) is 44.6 Å². The predicted molar refractivity (Wildman–Crippen MR) is 89.5 cm³/mol. The van der Waals surface area contributed by atoms with Crippen molar-refractivity contribution in [2.45, 2.75) is 57.5 Å². The van der Waals surface area contributed by atoms with Crippen molar-refractivity contribution in [1.29, 1.82) is 0 Å². The third-order valence-corrected chi connectivity index (χ3v) is 5.08. The second-order valence-electron chi connectivity index (χ2n) is 6.90. The molecule has 3 rings (SSSR count). The van der Waals surface area contributed by atoms with Crippen LogP contribution in [0, 0.1) is 5.92 Å². The van der Waals surface area contributed by atoms with Crippen LogP contribution in [0.4, 0.5) is 0 Å². The summed E-state index contributed by atoms with van der Waals surface area (Å²) >= 11 is 0. The Bertz CT molecular complexity index is 413. The Balaban J connectivity index is 1.55. The first-order valence-electron chi connectivity index (χ1n) is 8.88. The second kappa shape index (κ2) is 7.42. The first-order chi connectivity index (χ1) is 10.4. The van der Waals surface area contributed by atoms with Gasteiger partial charge in [0.25, 0.3) is 0 Å². The van der Waals surface area contributed by atoms with Crippen molar-refractivity contribution < 1.29 is 0 Å². The number of benzene rings is 1. The summed E-state index contributed by atoms with van der Waals surface area (Å²) in [6, 6.07) is 12.4. The summed E-state index contributed by atoms with van der Waals surface area (Å²) in [5.41, 5.74) is 1.47. The van der Waals surface area contributed by atoms with Crippen LogP contribution in [0.2, 0.25) is 0 Å². The van der Waals surface area contributed by atoms with Crippen LogP contribution in [0.15, 0.2) is 30.3 Å². The van der Waals surface area contributed by atoms with Crippen molar-refractivity contribution in [3.63, 3.8) is 0 Å². The fraction of sp³-hybridized carbons (Fsp3) is 0.684. The molecule has 2 heteroatoms. The average molecular weight is 286 g/mol. The zero-order valence-corrected chi connectivity index (χ0v) is 13.4. The lowest BCUT2D eigenvalue weighted by Gasteiger charge is -2.41. The Labute approximate surface area is 129 Å². The lowest BCUT2D eigenvalue weighted by atomic mass is 9.99. The molecule has 1 N–H and O–H groups in total. The van der Waals surface area contributed by atoms with E-state index < -0.39 is 0 Å². The lowest BCUT2D eigenvalue weighted by molar-refractivity contribution is 0.112. The molecule has 0 aromatic heterocycles. The zero-order valence-electron chi connectivity index (χ0n) is 13.4. The fourth-order valence-electron chi connectivity index (χ4n) is 3.70. The summed E-state index contributed by atoms with van der Waals surface area (Å²) in [6.45, 7) is 6.05. The molecule has 1 aliphatic carbocycles. The van der Waals surface area contributed by atoms with Gasteiger partial charge in [-0.15, -0.1) is 0 Å². The molecule has 1 saturated carbocycles. The van der Waals surface area contributed by atoms with E-state index >= 15 is 0 Å². The van der Waals surface area contributed by atoms with Gasteiger partial charge in [-0.2, -0.15) is 0 Å². The van der Waals surface area contributed by atoms with Crippen molar-refractivity contribution >= 4 is 0 Å². The van der Waals surface area contributed by atoms with Gasteiger partial charge in [0.05, 0.1) is 0 Å². The first-order valence-corrected chi connectivity index (χ1v) is 8.88. The molecule has 2 fully saturated rings. The van der Waals surface area contributed by atoms with E-state index in [9.17, 15) is 0 Å². The molecule has 1 aliphatic heterocycles. The minimum atomic E-state index is 0.629. The largest absolute Gasteiger partial charge is 0.311 e. The monoisotopic (exact) mass is 286 g/mol. The molecule has 2 nitrogen and oxygen atoms in total. The average Bonchev–Trinajstić information content (AvgIpc) is 3.34. The van der Waals surface area contributed by atoms with E-state index in [-0.39, 0.29) is 0 Å². The molecule has 2 aliphatic rings. The highest BCUT2D eigenvalue weighted by Crippen LogP contribution is 2.36. The van der Waals surface area contributed by atoms with Crippen LogP contribution in [0.5, 0.6) is 0 Å². The van der Waals surface area contributed by atoms with Crippen LogP contribution >= 0.6 is 0 Å². The van der Waals surface area contributed by atoms with Crippen molar-refractivity contribution in [2.75, 3.05) is 19.6 Å². The van der Waals surface area contributed by atoms with Gasteiger partial charge in [-0.05, 0) is 43.7 Å². The number of nitrogens with zero attached hydrogens (tertiary/aromatic N) is 1. The summed E-state index contributed by atoms with van der Waals surface area (Å²) in [4.78, 5) is 2.80. The van der Waals surface area contributed by atoms with Gasteiger partial charge in [-0.25, -0.2) is 0 Å². The van der Waals surface area contributed by atoms with Crippen LogP contribution in [-0.2, 0) is 6.42 Å². The molecule has 116 valence electrons. The molecule has 0 bridgehead atoms. The van der Waals surface area contributed by atoms with Crippen LogP contribution < -0.4 is 5.32 Å². The normalized spacial score (nSPS) is 26.9. The van der Waals surface area contributed by atoms with Gasteiger partial charge in [-0.1, -0.05) is 50.1 Å². The highest BCUT2D eigenvalue weighted by Gasteiger charge is 2.38. The summed E-state index contributed by atoms with van der Waals surface area (Å²) in [6.07, 6.45) is 8.17. The maximum atomic E-state index is 3.82. The van der Waals surface area contributed by atoms with Gasteiger partial charge in [-0.3, -0.25) is 4.90 Å². The third kappa shape index (κ3) is 4.31. The van der Waals surface area contributed by atoms with E-state index in [1.165, 1.54) is 63.7 Å². The Morgan fingerprint density at radius 3 is 2.67 bits per heavy atom. The van der Waals surface area contributed by atoms with E-state index in [0.29, 0.717) is 6.04 Å². The summed E-state index contributed by atoms with van der Waals surface area (Å²) in [7, 11) is 0. The van der Waals surface area contributed by atoms with Crippen molar-refractivity contribution in [3.8, 4) is 0 Å².